The molecule has 0 fully saturated rings. The Bertz CT molecular complexity index is 888. The highest BCUT2D eigenvalue weighted by atomic mass is 32.2. The van der Waals surface area contributed by atoms with Crippen molar-refractivity contribution in [1.29, 1.82) is 0 Å². The number of sulfonamides is 1. The van der Waals surface area contributed by atoms with Gasteiger partial charge in [-0.15, -0.1) is 0 Å². The predicted molar refractivity (Wildman–Crippen MR) is 83.2 cm³/mol. The number of nitrogens with zero attached hydrogens (tertiary/aromatic N) is 2. The first kappa shape index (κ1) is 15.5. The van der Waals surface area contributed by atoms with Gasteiger partial charge in [0.05, 0.1) is 36.7 Å². The number of nitrogens with two attached hydrogens (primary N) is 1. The molecule has 9 heteroatoms. The van der Waals surface area contributed by atoms with E-state index in [2.05, 4.69) is 10.2 Å². The summed E-state index contributed by atoms with van der Waals surface area (Å²) in [4.78, 5) is 11.7. The van der Waals surface area contributed by atoms with Crippen LogP contribution in [-0.4, -0.2) is 42.2 Å². The zero-order chi connectivity index (χ0) is 16.8. The molecule has 0 spiro atoms. The lowest BCUT2D eigenvalue weighted by Gasteiger charge is -2.13. The van der Waals surface area contributed by atoms with Crippen LogP contribution in [0.3, 0.4) is 0 Å². The number of carbonyl (C=O) groups is 1. The van der Waals surface area contributed by atoms with Crippen molar-refractivity contribution in [2.45, 2.75) is 13.1 Å². The second-order valence-corrected chi connectivity index (χ2v) is 7.29. The van der Waals surface area contributed by atoms with Gasteiger partial charge in [-0.2, -0.15) is 9.40 Å². The largest absolute Gasteiger partial charge is 0.496 e. The number of carbonyl (C=O) groups excluding carboxylic acids is 1. The number of primary amides is 1. The van der Waals surface area contributed by atoms with Crippen molar-refractivity contribution in [3.05, 3.63) is 35.0 Å². The molecule has 3 N–H and O–H groups in total. The smallest absolute Gasteiger partial charge is 0.249 e. The van der Waals surface area contributed by atoms with E-state index in [0.717, 1.165) is 11.8 Å². The maximum Gasteiger partial charge on any atom is 0.249 e. The third-order valence-electron chi connectivity index (χ3n) is 3.84. The molecule has 8 nitrogen and oxygen atoms in total. The number of methoxy groups -OCH3 is 1. The van der Waals surface area contributed by atoms with E-state index in [4.69, 9.17) is 10.5 Å². The topological polar surface area (TPSA) is 118 Å². The molecule has 1 aliphatic heterocycles. The first-order valence-corrected chi connectivity index (χ1v) is 8.66. The number of H-pyrrole nitrogens is 1. The molecule has 0 radical (unpaired) electrons. The van der Waals surface area contributed by atoms with Crippen LogP contribution in [0.2, 0.25) is 0 Å². The Kier molecular flexibility index (Phi) is 3.61. The summed E-state index contributed by atoms with van der Waals surface area (Å²) in [5.74, 6) is -0.151. The van der Waals surface area contributed by atoms with Gasteiger partial charge in [0.25, 0.3) is 0 Å². The predicted octanol–water partition coefficient (Wildman–Crippen LogP) is 0.459. The zero-order valence-corrected chi connectivity index (χ0v) is 13.5. The van der Waals surface area contributed by atoms with Crippen molar-refractivity contribution in [3.8, 4) is 17.0 Å². The van der Waals surface area contributed by atoms with Crippen molar-refractivity contribution in [1.82, 2.24) is 14.5 Å². The van der Waals surface area contributed by atoms with Gasteiger partial charge in [0, 0.05) is 12.1 Å². The number of rotatable bonds is 4. The number of fused-ring (bicyclic) bond motifs is 1. The molecule has 1 aromatic heterocycles. The first-order chi connectivity index (χ1) is 10.8. The average molecular weight is 336 g/mol. The van der Waals surface area contributed by atoms with Crippen LogP contribution in [0.5, 0.6) is 5.75 Å². The van der Waals surface area contributed by atoms with Crippen LogP contribution < -0.4 is 10.5 Å². The fraction of sp³-hybridized carbons (Fsp3) is 0.286. The van der Waals surface area contributed by atoms with Gasteiger partial charge in [-0.05, 0) is 12.1 Å². The molecular formula is C14H16N4O4S. The van der Waals surface area contributed by atoms with E-state index in [-0.39, 0.29) is 18.7 Å². The average Bonchev–Trinajstić information content (AvgIpc) is 3.05. The second kappa shape index (κ2) is 5.36. The third-order valence-corrected chi connectivity index (χ3v) is 5.04. The van der Waals surface area contributed by atoms with Gasteiger partial charge in [-0.1, -0.05) is 6.07 Å². The minimum absolute atomic E-state index is 0.191. The molecule has 2 aromatic rings. The molecule has 1 aliphatic rings. The summed E-state index contributed by atoms with van der Waals surface area (Å²) in [5, 5.41) is 7.08. The summed E-state index contributed by atoms with van der Waals surface area (Å²) in [6.07, 6.45) is 1.16. The molecule has 0 saturated carbocycles. The molecule has 0 bridgehead atoms. The molecule has 3 rings (SSSR count). The van der Waals surface area contributed by atoms with Gasteiger partial charge in [0.15, 0.2) is 0 Å². The fourth-order valence-corrected chi connectivity index (χ4v) is 3.43. The minimum Gasteiger partial charge on any atom is -0.496 e. The molecule has 1 aromatic carbocycles. The van der Waals surface area contributed by atoms with Gasteiger partial charge in [0.1, 0.15) is 11.4 Å². The van der Waals surface area contributed by atoms with Crippen molar-refractivity contribution < 1.29 is 17.9 Å². The molecule has 0 unspecified atom stereocenters. The fourth-order valence-electron chi connectivity index (χ4n) is 2.70. The number of hydrogen-bond donors (Lipinski definition) is 2. The maximum atomic E-state index is 11.7. The van der Waals surface area contributed by atoms with E-state index < -0.39 is 15.9 Å². The number of hydrogen-bond acceptors (Lipinski definition) is 5. The van der Waals surface area contributed by atoms with E-state index in [1.807, 2.05) is 0 Å². The van der Waals surface area contributed by atoms with Crippen LogP contribution >= 0.6 is 0 Å². The van der Waals surface area contributed by atoms with Crippen LogP contribution in [0, 0.1) is 0 Å². The normalized spacial score (nSPS) is 14.7. The molecule has 0 aliphatic carbocycles. The second-order valence-electron chi connectivity index (χ2n) is 5.31. The Morgan fingerprint density at radius 1 is 1.39 bits per heavy atom. The van der Waals surface area contributed by atoms with Crippen molar-refractivity contribution in [2.75, 3.05) is 13.4 Å². The standard InChI is InChI=1S/C14H16N4O4S/c1-22-11-5-3-4-8(14(15)19)12(11)13-9-6-18(23(2,20)21)7-10(9)16-17-13/h3-5H,6-7H2,1-2H3,(H2,15,19)(H,16,17). The number of nitrogens with one attached hydrogen (secondary N) is 1. The van der Waals surface area contributed by atoms with Gasteiger partial charge in [-0.3, -0.25) is 9.89 Å². The summed E-state index contributed by atoms with van der Waals surface area (Å²) in [6.45, 7) is 0.415. The lowest BCUT2D eigenvalue weighted by Crippen LogP contribution is -2.24. The quantitative estimate of drug-likeness (QED) is 0.841. The lowest BCUT2D eigenvalue weighted by atomic mass is 9.99. The Labute approximate surface area is 133 Å². The zero-order valence-electron chi connectivity index (χ0n) is 12.7. The SMILES string of the molecule is COc1cccc(C(N)=O)c1-c1n[nH]c2c1CN(S(C)(=O)=O)C2. The number of aromatic nitrogens is 2. The molecular weight excluding hydrogens is 320 g/mol. The highest BCUT2D eigenvalue weighted by Gasteiger charge is 2.32. The van der Waals surface area contributed by atoms with E-state index in [0.29, 0.717) is 22.7 Å². The van der Waals surface area contributed by atoms with Gasteiger partial charge in [-0.25, -0.2) is 8.42 Å². The van der Waals surface area contributed by atoms with Crippen LogP contribution in [0.15, 0.2) is 18.2 Å². The monoisotopic (exact) mass is 336 g/mol. The number of aromatic amines is 1. The van der Waals surface area contributed by atoms with Crippen molar-refractivity contribution in [3.63, 3.8) is 0 Å². The Balaban J connectivity index is 2.16. The van der Waals surface area contributed by atoms with Gasteiger partial charge >= 0.3 is 0 Å². The van der Waals surface area contributed by atoms with E-state index >= 15 is 0 Å². The van der Waals surface area contributed by atoms with Crippen LogP contribution in [0.25, 0.3) is 11.3 Å². The molecule has 2 heterocycles. The molecule has 1 amide bonds. The molecule has 0 saturated heterocycles. The van der Waals surface area contributed by atoms with Gasteiger partial charge < -0.3 is 10.5 Å². The summed E-state index contributed by atoms with van der Waals surface area (Å²) < 4.78 is 30.1. The Hall–Kier alpha value is -2.39. The first-order valence-electron chi connectivity index (χ1n) is 6.81. The molecule has 122 valence electrons. The summed E-state index contributed by atoms with van der Waals surface area (Å²) in [6, 6.07) is 4.95. The van der Waals surface area contributed by atoms with Crippen LogP contribution in [0.1, 0.15) is 21.6 Å². The number of amides is 1. The molecule has 23 heavy (non-hydrogen) atoms. The van der Waals surface area contributed by atoms with Crippen LogP contribution in [-0.2, 0) is 23.1 Å². The highest BCUT2D eigenvalue weighted by molar-refractivity contribution is 7.88. The number of benzene rings is 1. The summed E-state index contributed by atoms with van der Waals surface area (Å²) >= 11 is 0. The maximum absolute atomic E-state index is 11.7. The van der Waals surface area contributed by atoms with Crippen molar-refractivity contribution >= 4 is 15.9 Å². The van der Waals surface area contributed by atoms with Crippen LogP contribution in [0.4, 0.5) is 0 Å². The van der Waals surface area contributed by atoms with E-state index in [1.54, 1.807) is 18.2 Å². The number of ether oxygens (including phenoxy) is 1. The molecule has 0 atom stereocenters. The van der Waals surface area contributed by atoms with Gasteiger partial charge in [0.2, 0.25) is 15.9 Å². The summed E-state index contributed by atoms with van der Waals surface area (Å²) in [5.41, 5.74) is 8.10. The Morgan fingerprint density at radius 2 is 2.13 bits per heavy atom. The van der Waals surface area contributed by atoms with E-state index in [1.165, 1.54) is 11.4 Å². The Morgan fingerprint density at radius 3 is 2.74 bits per heavy atom. The van der Waals surface area contributed by atoms with E-state index in [9.17, 15) is 13.2 Å². The lowest BCUT2D eigenvalue weighted by molar-refractivity contribution is 0.100. The minimum atomic E-state index is -3.32. The van der Waals surface area contributed by atoms with Crippen molar-refractivity contribution in [2.24, 2.45) is 5.73 Å². The highest BCUT2D eigenvalue weighted by Crippen LogP contribution is 2.38. The third kappa shape index (κ3) is 2.57. The summed E-state index contributed by atoms with van der Waals surface area (Å²) in [7, 11) is -1.83.